The minimum Gasteiger partial charge on any atom is -0.481 e. The number of amides is 1. The molecule has 0 saturated carbocycles. The van der Waals surface area contributed by atoms with Gasteiger partial charge in [-0.2, -0.15) is 26.3 Å². The first-order valence-electron chi connectivity index (χ1n) is 12.0. The van der Waals surface area contributed by atoms with Crippen molar-refractivity contribution in [2.45, 2.75) is 36.8 Å². The van der Waals surface area contributed by atoms with Gasteiger partial charge in [0.15, 0.2) is 0 Å². The lowest BCUT2D eigenvalue weighted by molar-refractivity contribution is -0.143. The molecule has 1 spiro atoms. The van der Waals surface area contributed by atoms with Gasteiger partial charge in [0.05, 0.1) is 23.3 Å². The van der Waals surface area contributed by atoms with E-state index in [9.17, 15) is 45.4 Å². The number of alkyl halides is 6. The van der Waals surface area contributed by atoms with Crippen molar-refractivity contribution < 1.29 is 50.2 Å². The van der Waals surface area contributed by atoms with Gasteiger partial charge in [-0.05, 0) is 59.0 Å². The Morgan fingerprint density at radius 2 is 1.65 bits per heavy atom. The van der Waals surface area contributed by atoms with Gasteiger partial charge in [0, 0.05) is 18.7 Å². The first-order valence-corrected chi connectivity index (χ1v) is 12.0. The zero-order chi connectivity index (χ0) is 29.0. The Morgan fingerprint density at radius 3 is 2.25 bits per heavy atom. The van der Waals surface area contributed by atoms with E-state index >= 15 is 0 Å². The maximum absolute atomic E-state index is 14.3. The maximum atomic E-state index is 14.3. The molecule has 2 unspecified atom stereocenters. The average Bonchev–Trinajstić information content (AvgIpc) is 3.34. The molecule has 3 aromatic rings. The Labute approximate surface area is 222 Å². The molecule has 2 atom stereocenters. The Kier molecular flexibility index (Phi) is 6.64. The van der Waals surface area contributed by atoms with Crippen molar-refractivity contribution in [3.8, 4) is 11.1 Å². The van der Waals surface area contributed by atoms with Gasteiger partial charge in [-0.3, -0.25) is 9.59 Å². The number of aliphatic carboxylic acids is 1. The van der Waals surface area contributed by atoms with E-state index in [4.69, 9.17) is 4.74 Å². The quantitative estimate of drug-likeness (QED) is 0.365. The molecule has 210 valence electrons. The zero-order valence-corrected chi connectivity index (χ0v) is 20.4. The van der Waals surface area contributed by atoms with Crippen LogP contribution in [-0.4, -0.2) is 40.6 Å². The molecule has 3 aromatic carbocycles. The molecule has 5 nitrogen and oxygen atoms in total. The highest BCUT2D eigenvalue weighted by Crippen LogP contribution is 2.48. The fourth-order valence-corrected chi connectivity index (χ4v) is 5.61. The van der Waals surface area contributed by atoms with Crippen molar-refractivity contribution in [3.05, 3.63) is 94.3 Å². The molecule has 1 amide bonds. The molecular weight excluding hydrogens is 547 g/mol. The molecule has 0 bridgehead atoms. The molecule has 2 aliphatic heterocycles. The van der Waals surface area contributed by atoms with Crippen LogP contribution in [-0.2, 0) is 28.4 Å². The number of ether oxygens (including phenoxy) is 1. The van der Waals surface area contributed by atoms with Crippen LogP contribution in [0.5, 0.6) is 0 Å². The summed E-state index contributed by atoms with van der Waals surface area (Å²) >= 11 is 0. The van der Waals surface area contributed by atoms with Crippen LogP contribution in [0.1, 0.15) is 45.0 Å². The number of carboxylic acids is 1. The summed E-state index contributed by atoms with van der Waals surface area (Å²) in [4.78, 5) is 27.6. The number of carboxylic acid groups (broad SMARTS) is 1. The number of hydrogen-bond donors (Lipinski definition) is 1. The molecule has 2 aliphatic rings. The maximum Gasteiger partial charge on any atom is 0.419 e. The third-order valence-corrected chi connectivity index (χ3v) is 7.41. The topological polar surface area (TPSA) is 66.8 Å². The average molecular weight is 567 g/mol. The van der Waals surface area contributed by atoms with Crippen molar-refractivity contribution >= 4 is 11.9 Å². The van der Waals surface area contributed by atoms with Crippen molar-refractivity contribution in [1.29, 1.82) is 0 Å². The SMILES string of the molecule is O=C(O)C1c2cc(-c3ccccc3C(F)(F)F)ccc2C(=O)N(Cc2ccc(C(F)(F)F)c(F)c2)C12CCOC2. The predicted octanol–water partition coefficient (Wildman–Crippen LogP) is 6.51. The summed E-state index contributed by atoms with van der Waals surface area (Å²) in [7, 11) is 0. The highest BCUT2D eigenvalue weighted by atomic mass is 19.4. The zero-order valence-electron chi connectivity index (χ0n) is 20.4. The van der Waals surface area contributed by atoms with Crippen molar-refractivity contribution in [3.63, 3.8) is 0 Å². The summed E-state index contributed by atoms with van der Waals surface area (Å²) in [5, 5.41) is 10.3. The normalized spacial score (nSPS) is 21.1. The van der Waals surface area contributed by atoms with E-state index in [-0.39, 0.29) is 47.5 Å². The first-order chi connectivity index (χ1) is 18.7. The van der Waals surface area contributed by atoms with Crippen LogP contribution in [0.4, 0.5) is 30.7 Å². The fraction of sp³-hybridized carbons (Fsp3) is 0.286. The van der Waals surface area contributed by atoms with Crippen LogP contribution >= 0.6 is 0 Å². The number of hydrogen-bond acceptors (Lipinski definition) is 3. The second-order valence-electron chi connectivity index (χ2n) is 9.73. The lowest BCUT2D eigenvalue weighted by atomic mass is 9.71. The number of nitrogens with zero attached hydrogens (tertiary/aromatic N) is 1. The van der Waals surface area contributed by atoms with Gasteiger partial charge >= 0.3 is 18.3 Å². The van der Waals surface area contributed by atoms with Crippen LogP contribution in [0.2, 0.25) is 0 Å². The molecule has 2 heterocycles. The number of halogens is 7. The summed E-state index contributed by atoms with van der Waals surface area (Å²) in [5.41, 5.74) is -4.19. The fourth-order valence-electron chi connectivity index (χ4n) is 5.61. The number of carbonyl (C=O) groups is 2. The Morgan fingerprint density at radius 1 is 0.950 bits per heavy atom. The van der Waals surface area contributed by atoms with Crippen LogP contribution in [0.3, 0.4) is 0 Å². The van der Waals surface area contributed by atoms with Gasteiger partial charge in [0.1, 0.15) is 11.7 Å². The van der Waals surface area contributed by atoms with E-state index in [1.165, 1.54) is 36.4 Å². The van der Waals surface area contributed by atoms with Gasteiger partial charge in [-0.1, -0.05) is 30.3 Å². The van der Waals surface area contributed by atoms with Gasteiger partial charge < -0.3 is 14.7 Å². The molecule has 0 aliphatic carbocycles. The number of carbonyl (C=O) groups excluding carboxylic acids is 1. The minimum absolute atomic E-state index is 0.00608. The van der Waals surface area contributed by atoms with Gasteiger partial charge in [-0.25, -0.2) is 4.39 Å². The molecule has 1 fully saturated rings. The van der Waals surface area contributed by atoms with E-state index in [1.54, 1.807) is 0 Å². The number of fused-ring (bicyclic) bond motifs is 1. The van der Waals surface area contributed by atoms with E-state index in [0.29, 0.717) is 12.1 Å². The molecule has 12 heteroatoms. The second kappa shape index (κ2) is 9.61. The molecule has 1 N–H and O–H groups in total. The summed E-state index contributed by atoms with van der Waals surface area (Å²) in [6.45, 7) is -0.610. The van der Waals surface area contributed by atoms with E-state index < -0.39 is 59.2 Å². The second-order valence-corrected chi connectivity index (χ2v) is 9.73. The van der Waals surface area contributed by atoms with Gasteiger partial charge in [0.2, 0.25) is 0 Å². The van der Waals surface area contributed by atoms with E-state index in [0.717, 1.165) is 17.0 Å². The van der Waals surface area contributed by atoms with Crippen LogP contribution < -0.4 is 0 Å². The highest BCUT2D eigenvalue weighted by Gasteiger charge is 2.57. The molecule has 0 aromatic heterocycles. The Hall–Kier alpha value is -3.93. The summed E-state index contributed by atoms with van der Waals surface area (Å²) in [6.07, 6.45) is -9.59. The van der Waals surface area contributed by atoms with Crippen LogP contribution in [0.25, 0.3) is 11.1 Å². The monoisotopic (exact) mass is 567 g/mol. The van der Waals surface area contributed by atoms with Crippen LogP contribution in [0.15, 0.2) is 60.7 Å². The first kappa shape index (κ1) is 27.6. The van der Waals surface area contributed by atoms with E-state index in [1.807, 2.05) is 0 Å². The highest BCUT2D eigenvalue weighted by molar-refractivity contribution is 6.01. The van der Waals surface area contributed by atoms with Crippen molar-refractivity contribution in [1.82, 2.24) is 4.90 Å². The number of rotatable bonds is 4. The largest absolute Gasteiger partial charge is 0.481 e. The van der Waals surface area contributed by atoms with Crippen molar-refractivity contribution in [2.75, 3.05) is 13.2 Å². The Balaban J connectivity index is 1.63. The third-order valence-electron chi connectivity index (χ3n) is 7.41. The standard InChI is InChI=1S/C28H20F7NO4/c29-22-11-15(5-8-21(22)28(33,34)35)13-36-24(37)18-7-6-16(17-3-1-2-4-20(17)27(30,31)32)12-19(18)23(25(38)39)26(36)9-10-40-14-26/h1-8,11-12,23H,9-10,13-14H2,(H,38,39). The lowest BCUT2D eigenvalue weighted by Crippen LogP contribution is -2.60. The molecule has 5 rings (SSSR count). The van der Waals surface area contributed by atoms with Crippen LogP contribution in [0, 0.1) is 5.82 Å². The predicted molar refractivity (Wildman–Crippen MR) is 127 cm³/mol. The molecule has 0 radical (unpaired) electrons. The third kappa shape index (κ3) is 4.59. The molecule has 1 saturated heterocycles. The van der Waals surface area contributed by atoms with Gasteiger partial charge in [-0.15, -0.1) is 0 Å². The molecule has 40 heavy (non-hydrogen) atoms. The number of benzene rings is 3. The van der Waals surface area contributed by atoms with Gasteiger partial charge in [0.25, 0.3) is 5.91 Å². The van der Waals surface area contributed by atoms with Crippen molar-refractivity contribution in [2.24, 2.45) is 0 Å². The minimum atomic E-state index is -4.93. The summed E-state index contributed by atoms with van der Waals surface area (Å²) in [5.74, 6) is -5.06. The van der Waals surface area contributed by atoms with E-state index in [2.05, 4.69) is 0 Å². The lowest BCUT2D eigenvalue weighted by Gasteiger charge is -2.48. The smallest absolute Gasteiger partial charge is 0.419 e. The Bertz CT molecular complexity index is 1490. The summed E-state index contributed by atoms with van der Waals surface area (Å²) in [6, 6.07) is 10.7. The summed E-state index contributed by atoms with van der Waals surface area (Å²) < 4.78 is 100. The molecular formula is C28H20F7NO4.